The van der Waals surface area contributed by atoms with Crippen LogP contribution in [0.1, 0.15) is 68.3 Å². The maximum Gasteiger partial charge on any atom is 0.338 e. The Balaban J connectivity index is 1.88. The van der Waals surface area contributed by atoms with Crippen molar-refractivity contribution in [3.05, 3.63) is 35.4 Å². The van der Waals surface area contributed by atoms with E-state index in [-0.39, 0.29) is 11.9 Å². The van der Waals surface area contributed by atoms with Crippen LogP contribution in [-0.4, -0.2) is 24.0 Å². The van der Waals surface area contributed by atoms with Gasteiger partial charge in [-0.25, -0.2) is 4.79 Å². The van der Waals surface area contributed by atoms with Gasteiger partial charge in [-0.2, -0.15) is 0 Å². The third-order valence-corrected chi connectivity index (χ3v) is 4.17. The summed E-state index contributed by atoms with van der Waals surface area (Å²) in [4.78, 5) is 24.1. The van der Waals surface area contributed by atoms with Crippen molar-refractivity contribution in [2.24, 2.45) is 0 Å². The van der Waals surface area contributed by atoms with Crippen LogP contribution < -0.4 is 5.32 Å². The number of carbonyl (C=O) groups is 2. The van der Waals surface area contributed by atoms with Crippen LogP contribution in [-0.2, 0) is 9.53 Å². The molecule has 0 spiro atoms. The number of ether oxygens (including phenoxy) is 1. The first-order valence-electron chi connectivity index (χ1n) is 8.08. The lowest BCUT2D eigenvalue weighted by atomic mass is 10.0. The summed E-state index contributed by atoms with van der Waals surface area (Å²) in [5.74, 6) is -0.246. The van der Waals surface area contributed by atoms with Gasteiger partial charge in [-0.3, -0.25) is 4.79 Å². The summed E-state index contributed by atoms with van der Waals surface area (Å²) in [6.07, 6.45) is 3.58. The number of hydrogen-bond acceptors (Lipinski definition) is 3. The monoisotopic (exact) mass is 303 g/mol. The third kappa shape index (κ3) is 4.33. The molecule has 1 amide bonds. The highest BCUT2D eigenvalue weighted by atomic mass is 16.5. The fourth-order valence-electron chi connectivity index (χ4n) is 2.67. The second kappa shape index (κ2) is 7.43. The van der Waals surface area contributed by atoms with Gasteiger partial charge in [-0.05, 0) is 43.4 Å². The Hall–Kier alpha value is -1.84. The molecule has 0 aliphatic heterocycles. The molecule has 1 aromatic carbocycles. The van der Waals surface area contributed by atoms with Gasteiger partial charge >= 0.3 is 5.97 Å². The molecule has 1 aliphatic rings. The smallest absolute Gasteiger partial charge is 0.338 e. The summed E-state index contributed by atoms with van der Waals surface area (Å²) < 4.78 is 5.26. The SMILES string of the molecule is CC(C)c1ccc(C(=O)O[C@H](C)C(=O)NC2CCCC2)cc1. The lowest BCUT2D eigenvalue weighted by Crippen LogP contribution is -2.40. The van der Waals surface area contributed by atoms with E-state index in [4.69, 9.17) is 4.74 Å². The van der Waals surface area contributed by atoms with Crippen molar-refractivity contribution in [1.29, 1.82) is 0 Å². The van der Waals surface area contributed by atoms with Gasteiger partial charge in [0.05, 0.1) is 5.56 Å². The highest BCUT2D eigenvalue weighted by Crippen LogP contribution is 2.18. The summed E-state index contributed by atoms with van der Waals surface area (Å²) in [6.45, 7) is 5.82. The maximum atomic E-state index is 12.1. The molecule has 2 rings (SSSR count). The van der Waals surface area contributed by atoms with Crippen molar-refractivity contribution in [3.8, 4) is 0 Å². The number of amides is 1. The van der Waals surface area contributed by atoms with Gasteiger partial charge in [0.15, 0.2) is 6.10 Å². The van der Waals surface area contributed by atoms with Crippen molar-refractivity contribution >= 4 is 11.9 Å². The number of esters is 1. The summed E-state index contributed by atoms with van der Waals surface area (Å²) >= 11 is 0. The van der Waals surface area contributed by atoms with Crippen molar-refractivity contribution in [1.82, 2.24) is 5.32 Å². The Morgan fingerprint density at radius 2 is 1.68 bits per heavy atom. The van der Waals surface area contributed by atoms with Crippen LogP contribution in [0.15, 0.2) is 24.3 Å². The zero-order valence-corrected chi connectivity index (χ0v) is 13.6. The van der Waals surface area contributed by atoms with E-state index in [0.29, 0.717) is 11.5 Å². The molecule has 1 atom stereocenters. The first kappa shape index (κ1) is 16.5. The zero-order valence-electron chi connectivity index (χ0n) is 13.6. The first-order chi connectivity index (χ1) is 10.5. The lowest BCUT2D eigenvalue weighted by Gasteiger charge is -2.17. The number of rotatable bonds is 5. The Labute approximate surface area is 132 Å². The van der Waals surface area contributed by atoms with Gasteiger partial charge in [-0.15, -0.1) is 0 Å². The molecule has 4 heteroatoms. The summed E-state index contributed by atoms with van der Waals surface area (Å²) in [5, 5.41) is 2.94. The molecule has 0 saturated heterocycles. The summed E-state index contributed by atoms with van der Waals surface area (Å²) in [7, 11) is 0. The predicted molar refractivity (Wildman–Crippen MR) is 85.8 cm³/mol. The number of hydrogen-bond donors (Lipinski definition) is 1. The maximum absolute atomic E-state index is 12.1. The van der Waals surface area contributed by atoms with Gasteiger partial charge < -0.3 is 10.1 Å². The van der Waals surface area contributed by atoms with E-state index in [2.05, 4.69) is 19.2 Å². The van der Waals surface area contributed by atoms with Gasteiger partial charge in [0.2, 0.25) is 0 Å². The largest absolute Gasteiger partial charge is 0.449 e. The minimum Gasteiger partial charge on any atom is -0.449 e. The minimum absolute atomic E-state index is 0.209. The highest BCUT2D eigenvalue weighted by molar-refractivity contribution is 5.92. The molecule has 1 N–H and O–H groups in total. The van der Waals surface area contributed by atoms with E-state index < -0.39 is 12.1 Å². The van der Waals surface area contributed by atoms with E-state index in [1.807, 2.05) is 12.1 Å². The zero-order chi connectivity index (χ0) is 16.1. The fraction of sp³-hybridized carbons (Fsp3) is 0.556. The lowest BCUT2D eigenvalue weighted by molar-refractivity contribution is -0.129. The normalized spacial score (nSPS) is 16.5. The van der Waals surface area contributed by atoms with Crippen LogP contribution in [0.3, 0.4) is 0 Å². The third-order valence-electron chi connectivity index (χ3n) is 4.17. The first-order valence-corrected chi connectivity index (χ1v) is 8.08. The van der Waals surface area contributed by atoms with Crippen molar-refractivity contribution < 1.29 is 14.3 Å². The molecule has 0 radical (unpaired) electrons. The van der Waals surface area contributed by atoms with Crippen molar-refractivity contribution in [2.75, 3.05) is 0 Å². The van der Waals surface area contributed by atoms with Crippen LogP contribution in [0, 0.1) is 0 Å². The molecular weight excluding hydrogens is 278 g/mol. The molecular formula is C18H25NO3. The number of benzene rings is 1. The number of nitrogens with one attached hydrogen (secondary N) is 1. The molecule has 4 nitrogen and oxygen atoms in total. The molecule has 0 unspecified atom stereocenters. The minimum atomic E-state index is -0.766. The summed E-state index contributed by atoms with van der Waals surface area (Å²) in [6, 6.07) is 7.58. The molecule has 120 valence electrons. The quantitative estimate of drug-likeness (QED) is 0.848. The average molecular weight is 303 g/mol. The van der Waals surface area contributed by atoms with E-state index in [1.165, 1.54) is 5.56 Å². The van der Waals surface area contributed by atoms with Gasteiger partial charge in [0, 0.05) is 6.04 Å². The molecule has 0 aromatic heterocycles. The molecule has 0 heterocycles. The van der Waals surface area contributed by atoms with E-state index in [0.717, 1.165) is 25.7 Å². The fourth-order valence-corrected chi connectivity index (χ4v) is 2.67. The number of carbonyl (C=O) groups excluding carboxylic acids is 2. The van der Waals surface area contributed by atoms with Crippen LogP contribution in [0.4, 0.5) is 0 Å². The highest BCUT2D eigenvalue weighted by Gasteiger charge is 2.23. The van der Waals surface area contributed by atoms with Crippen LogP contribution in [0.25, 0.3) is 0 Å². The molecule has 0 bridgehead atoms. The Kier molecular flexibility index (Phi) is 5.58. The van der Waals surface area contributed by atoms with Gasteiger partial charge in [0.25, 0.3) is 5.91 Å². The Bertz CT molecular complexity index is 516. The average Bonchev–Trinajstić information content (AvgIpc) is 3.00. The molecule has 1 saturated carbocycles. The Morgan fingerprint density at radius 1 is 1.09 bits per heavy atom. The van der Waals surface area contributed by atoms with Crippen LogP contribution in [0.5, 0.6) is 0 Å². The van der Waals surface area contributed by atoms with Crippen LogP contribution in [0.2, 0.25) is 0 Å². The summed E-state index contributed by atoms with van der Waals surface area (Å²) in [5.41, 5.74) is 1.65. The Morgan fingerprint density at radius 3 is 2.23 bits per heavy atom. The topological polar surface area (TPSA) is 55.4 Å². The molecule has 1 aliphatic carbocycles. The van der Waals surface area contributed by atoms with Crippen molar-refractivity contribution in [2.45, 2.75) is 64.5 Å². The second-order valence-corrected chi connectivity index (χ2v) is 6.31. The van der Waals surface area contributed by atoms with E-state index in [1.54, 1.807) is 19.1 Å². The van der Waals surface area contributed by atoms with E-state index >= 15 is 0 Å². The van der Waals surface area contributed by atoms with Crippen molar-refractivity contribution in [3.63, 3.8) is 0 Å². The molecule has 1 aromatic rings. The van der Waals surface area contributed by atoms with Crippen LogP contribution >= 0.6 is 0 Å². The molecule has 22 heavy (non-hydrogen) atoms. The second-order valence-electron chi connectivity index (χ2n) is 6.31. The van der Waals surface area contributed by atoms with E-state index in [9.17, 15) is 9.59 Å². The standard InChI is InChI=1S/C18H25NO3/c1-12(2)14-8-10-15(11-9-14)18(21)22-13(3)17(20)19-16-6-4-5-7-16/h8-13,16H,4-7H2,1-3H3,(H,19,20)/t13-/m1/s1. The predicted octanol–water partition coefficient (Wildman–Crippen LogP) is 3.41. The van der Waals surface area contributed by atoms with Gasteiger partial charge in [0.1, 0.15) is 0 Å². The molecule has 1 fully saturated rings. The van der Waals surface area contributed by atoms with Gasteiger partial charge in [-0.1, -0.05) is 38.8 Å².